The maximum absolute atomic E-state index is 10.7. The molecular weight excluding hydrogens is 298 g/mol. The summed E-state index contributed by atoms with van der Waals surface area (Å²) in [6.07, 6.45) is 0. The summed E-state index contributed by atoms with van der Waals surface area (Å²) in [5, 5.41) is 21.9. The zero-order valence-corrected chi connectivity index (χ0v) is 13.8. The molecule has 0 fully saturated rings. The Hall–Kier alpha value is -2.07. The summed E-state index contributed by atoms with van der Waals surface area (Å²) in [4.78, 5) is 0. The summed E-state index contributed by atoms with van der Waals surface area (Å²) >= 11 is 6.47. The van der Waals surface area contributed by atoms with Crippen LogP contribution in [-0.4, -0.2) is 20.5 Å². The second-order valence-corrected chi connectivity index (χ2v) is 6.96. The molecule has 0 spiro atoms. The highest BCUT2D eigenvalue weighted by Crippen LogP contribution is 2.42. The van der Waals surface area contributed by atoms with Crippen LogP contribution in [0.3, 0.4) is 0 Å². The smallest absolute Gasteiger partial charge is 0.132 e. The topological polar surface area (TPSA) is 61.8 Å². The zero-order chi connectivity index (χ0) is 16.1. The second-order valence-electron chi connectivity index (χ2n) is 6.58. The van der Waals surface area contributed by atoms with Crippen molar-refractivity contribution in [1.82, 2.24) is 15.4 Å². The maximum atomic E-state index is 10.7. The molecule has 0 saturated heterocycles. The molecule has 0 atom stereocenters. The molecule has 0 aliphatic heterocycles. The van der Waals surface area contributed by atoms with E-state index in [0.717, 1.165) is 22.3 Å². The number of halogens is 1. The van der Waals surface area contributed by atoms with E-state index in [1.807, 2.05) is 31.2 Å². The number of phenolic OH excluding ortho intramolecular Hbond substituents is 1. The molecular formula is C17H18ClN3O. The van der Waals surface area contributed by atoms with Crippen molar-refractivity contribution in [1.29, 1.82) is 0 Å². The average Bonchev–Trinajstić information content (AvgIpc) is 2.90. The number of aromatic hydroxyl groups is 1. The third-order valence-corrected chi connectivity index (χ3v) is 4.16. The van der Waals surface area contributed by atoms with E-state index in [1.165, 1.54) is 0 Å². The van der Waals surface area contributed by atoms with Crippen molar-refractivity contribution in [2.75, 3.05) is 0 Å². The number of nitrogens with zero attached hydrogens (tertiary/aromatic N) is 2. The van der Waals surface area contributed by atoms with E-state index < -0.39 is 0 Å². The van der Waals surface area contributed by atoms with Gasteiger partial charge in [0.15, 0.2) is 0 Å². The fourth-order valence-electron chi connectivity index (χ4n) is 2.64. The molecule has 1 heterocycles. The Morgan fingerprint density at radius 2 is 1.82 bits per heavy atom. The molecule has 2 aromatic carbocycles. The number of benzene rings is 2. The van der Waals surface area contributed by atoms with Crippen LogP contribution < -0.4 is 0 Å². The molecule has 0 unspecified atom stereocenters. The number of hydrogen-bond acceptors (Lipinski definition) is 3. The summed E-state index contributed by atoms with van der Waals surface area (Å²) < 4.78 is 0. The molecule has 3 aromatic rings. The van der Waals surface area contributed by atoms with Gasteiger partial charge in [-0.1, -0.05) is 44.5 Å². The first kappa shape index (κ1) is 14.9. The number of H-pyrrole nitrogens is 1. The Kier molecular flexibility index (Phi) is 3.37. The van der Waals surface area contributed by atoms with Gasteiger partial charge >= 0.3 is 0 Å². The molecule has 0 amide bonds. The van der Waals surface area contributed by atoms with Crippen LogP contribution in [0, 0.1) is 6.92 Å². The fraction of sp³-hybridized carbons (Fsp3) is 0.294. The number of nitrogens with one attached hydrogen (secondary N) is 1. The Labute approximate surface area is 134 Å². The van der Waals surface area contributed by atoms with Crippen LogP contribution in [0.15, 0.2) is 24.3 Å². The predicted octanol–water partition coefficient (Wildman–Crippen LogP) is 4.59. The number of aryl methyl sites for hydroxylation is 1. The van der Waals surface area contributed by atoms with E-state index in [1.54, 1.807) is 0 Å². The minimum Gasteiger partial charge on any atom is -0.507 e. The highest BCUT2D eigenvalue weighted by atomic mass is 35.5. The molecule has 2 N–H and O–H groups in total. The van der Waals surface area contributed by atoms with Gasteiger partial charge in [0.2, 0.25) is 0 Å². The van der Waals surface area contributed by atoms with Crippen molar-refractivity contribution in [3.63, 3.8) is 0 Å². The van der Waals surface area contributed by atoms with Gasteiger partial charge in [-0.15, -0.1) is 0 Å². The van der Waals surface area contributed by atoms with E-state index in [-0.39, 0.29) is 11.2 Å². The zero-order valence-electron chi connectivity index (χ0n) is 13.0. The number of aromatic amines is 1. The normalized spacial score (nSPS) is 12.0. The van der Waals surface area contributed by atoms with Crippen molar-refractivity contribution < 1.29 is 5.11 Å². The van der Waals surface area contributed by atoms with E-state index in [9.17, 15) is 5.11 Å². The van der Waals surface area contributed by atoms with Crippen molar-refractivity contribution in [3.8, 4) is 16.9 Å². The second kappa shape index (κ2) is 4.99. The summed E-state index contributed by atoms with van der Waals surface area (Å²) in [5.41, 5.74) is 4.62. The van der Waals surface area contributed by atoms with E-state index in [2.05, 4.69) is 36.2 Å². The lowest BCUT2D eigenvalue weighted by Crippen LogP contribution is -2.12. The molecule has 1 aromatic heterocycles. The molecule has 5 heteroatoms. The summed E-state index contributed by atoms with van der Waals surface area (Å²) in [5.74, 6) is 0.267. The number of aromatic nitrogens is 3. The first-order chi connectivity index (χ1) is 10.3. The lowest BCUT2D eigenvalue weighted by molar-refractivity contribution is 0.448. The van der Waals surface area contributed by atoms with Gasteiger partial charge in [-0.2, -0.15) is 15.4 Å². The van der Waals surface area contributed by atoms with Crippen molar-refractivity contribution in [2.45, 2.75) is 33.1 Å². The van der Waals surface area contributed by atoms with E-state index in [0.29, 0.717) is 16.1 Å². The lowest BCUT2D eigenvalue weighted by atomic mass is 9.83. The highest BCUT2D eigenvalue weighted by molar-refractivity contribution is 6.37. The van der Waals surface area contributed by atoms with Crippen LogP contribution in [-0.2, 0) is 5.41 Å². The number of phenols is 1. The standard InChI is InChI=1S/C17H18ClN3O/c1-9-7-11(16(22)12(8-9)17(2,3)4)10-5-6-13-15(14(10)18)20-21-19-13/h5-8,22H,1-4H3,(H,19,20,21). The Bertz CT molecular complexity index is 862. The predicted molar refractivity (Wildman–Crippen MR) is 89.4 cm³/mol. The number of rotatable bonds is 1. The van der Waals surface area contributed by atoms with Gasteiger partial charge in [0.05, 0.1) is 5.02 Å². The van der Waals surface area contributed by atoms with Crippen LogP contribution >= 0.6 is 11.6 Å². The largest absolute Gasteiger partial charge is 0.507 e. The van der Waals surface area contributed by atoms with Crippen LogP contribution in [0.5, 0.6) is 5.75 Å². The quantitative estimate of drug-likeness (QED) is 0.690. The van der Waals surface area contributed by atoms with Crippen molar-refractivity contribution in [2.24, 2.45) is 0 Å². The molecule has 0 saturated carbocycles. The third kappa shape index (κ3) is 2.33. The molecule has 4 nitrogen and oxygen atoms in total. The summed E-state index contributed by atoms with van der Waals surface area (Å²) in [6, 6.07) is 7.67. The van der Waals surface area contributed by atoms with Gasteiger partial charge in [-0.25, -0.2) is 0 Å². The van der Waals surface area contributed by atoms with Crippen molar-refractivity contribution in [3.05, 3.63) is 40.4 Å². The molecule has 114 valence electrons. The molecule has 0 bridgehead atoms. The molecule has 22 heavy (non-hydrogen) atoms. The SMILES string of the molecule is Cc1cc(-c2ccc3n[nH]nc3c2Cl)c(O)c(C(C)(C)C)c1. The summed E-state index contributed by atoms with van der Waals surface area (Å²) in [7, 11) is 0. The summed E-state index contributed by atoms with van der Waals surface area (Å²) in [6.45, 7) is 8.25. The number of hydrogen-bond donors (Lipinski definition) is 2. The minimum atomic E-state index is -0.157. The Morgan fingerprint density at radius 1 is 1.09 bits per heavy atom. The van der Waals surface area contributed by atoms with E-state index in [4.69, 9.17) is 11.6 Å². The van der Waals surface area contributed by atoms with Gasteiger partial charge in [0, 0.05) is 16.7 Å². The van der Waals surface area contributed by atoms with Crippen LogP contribution in [0.2, 0.25) is 5.02 Å². The van der Waals surface area contributed by atoms with Gasteiger partial charge in [-0.05, 0) is 30.0 Å². The van der Waals surface area contributed by atoms with Crippen LogP contribution in [0.1, 0.15) is 31.9 Å². The first-order valence-corrected chi connectivity index (χ1v) is 7.50. The number of fused-ring (bicyclic) bond motifs is 1. The molecule has 0 aliphatic rings. The molecule has 0 aliphatic carbocycles. The van der Waals surface area contributed by atoms with E-state index >= 15 is 0 Å². The van der Waals surface area contributed by atoms with Gasteiger partial charge in [0.1, 0.15) is 16.8 Å². The van der Waals surface area contributed by atoms with Gasteiger partial charge in [0.25, 0.3) is 0 Å². The van der Waals surface area contributed by atoms with Crippen LogP contribution in [0.25, 0.3) is 22.2 Å². The van der Waals surface area contributed by atoms with Gasteiger partial charge in [-0.3, -0.25) is 0 Å². The molecule has 3 rings (SSSR count). The van der Waals surface area contributed by atoms with Crippen LogP contribution in [0.4, 0.5) is 0 Å². The minimum absolute atomic E-state index is 0.157. The van der Waals surface area contributed by atoms with Crippen molar-refractivity contribution >= 4 is 22.6 Å². The average molecular weight is 316 g/mol. The fourth-order valence-corrected chi connectivity index (χ4v) is 2.95. The third-order valence-electron chi connectivity index (χ3n) is 3.78. The maximum Gasteiger partial charge on any atom is 0.132 e. The highest BCUT2D eigenvalue weighted by Gasteiger charge is 2.23. The lowest BCUT2D eigenvalue weighted by Gasteiger charge is -2.23. The monoisotopic (exact) mass is 315 g/mol. The van der Waals surface area contributed by atoms with Gasteiger partial charge < -0.3 is 5.11 Å². The Morgan fingerprint density at radius 3 is 2.50 bits per heavy atom. The Balaban J connectivity index is 2.31. The molecule has 0 radical (unpaired) electrons. The first-order valence-electron chi connectivity index (χ1n) is 7.12.